The molecule has 0 amide bonds. The van der Waals surface area contributed by atoms with Gasteiger partial charge in [0, 0.05) is 23.5 Å². The van der Waals surface area contributed by atoms with E-state index in [4.69, 9.17) is 0 Å². The zero-order chi connectivity index (χ0) is 15.5. The molecule has 2 nitrogen and oxygen atoms in total. The molecule has 1 heterocycles. The Kier molecular flexibility index (Phi) is 4.16. The van der Waals surface area contributed by atoms with Crippen LogP contribution < -0.4 is 5.32 Å². The summed E-state index contributed by atoms with van der Waals surface area (Å²) in [4.78, 5) is 3.63. The highest BCUT2D eigenvalue weighted by Gasteiger charge is 2.16. The second kappa shape index (κ2) is 6.59. The summed E-state index contributed by atoms with van der Waals surface area (Å²) in [5.74, 6) is 0. The van der Waals surface area contributed by atoms with Gasteiger partial charge < -0.3 is 10.3 Å². The molecule has 2 aromatic carbocycles. The smallest absolute Gasteiger partial charge is 0.0510 e. The maximum absolute atomic E-state index is 3.81. The van der Waals surface area contributed by atoms with Crippen LogP contribution in [0.15, 0.2) is 54.6 Å². The van der Waals surface area contributed by atoms with Gasteiger partial charge in [0.05, 0.1) is 5.69 Å². The molecule has 2 N–H and O–H groups in total. The SMILES string of the molecule is c1ccc(-c2[nH]c3ccccc3c2CNC2CCCCC2)cc1. The van der Waals surface area contributed by atoms with Crippen LogP contribution in [0.25, 0.3) is 22.2 Å². The van der Waals surface area contributed by atoms with Gasteiger partial charge in [-0.25, -0.2) is 0 Å². The van der Waals surface area contributed by atoms with E-state index < -0.39 is 0 Å². The minimum Gasteiger partial charge on any atom is -0.354 e. The first-order valence-electron chi connectivity index (χ1n) is 8.80. The van der Waals surface area contributed by atoms with Gasteiger partial charge in [-0.3, -0.25) is 0 Å². The van der Waals surface area contributed by atoms with Gasteiger partial charge in [-0.15, -0.1) is 0 Å². The molecule has 1 aliphatic carbocycles. The van der Waals surface area contributed by atoms with E-state index >= 15 is 0 Å². The molecule has 1 saturated carbocycles. The van der Waals surface area contributed by atoms with Crippen molar-refractivity contribution in [2.24, 2.45) is 0 Å². The summed E-state index contributed by atoms with van der Waals surface area (Å²) in [6.07, 6.45) is 6.79. The van der Waals surface area contributed by atoms with E-state index in [0.717, 1.165) is 6.54 Å². The molecule has 1 fully saturated rings. The number of aromatic nitrogens is 1. The van der Waals surface area contributed by atoms with Gasteiger partial charge in [0.25, 0.3) is 0 Å². The number of nitrogens with one attached hydrogen (secondary N) is 2. The average Bonchev–Trinajstić information content (AvgIpc) is 3.00. The molecule has 1 aromatic heterocycles. The van der Waals surface area contributed by atoms with Gasteiger partial charge in [-0.2, -0.15) is 0 Å². The molecule has 0 spiro atoms. The lowest BCUT2D eigenvalue weighted by molar-refractivity contribution is 0.373. The average molecular weight is 304 g/mol. The molecule has 118 valence electrons. The molecule has 0 atom stereocenters. The van der Waals surface area contributed by atoms with Crippen molar-refractivity contribution >= 4 is 10.9 Å². The summed E-state index contributed by atoms with van der Waals surface area (Å²) >= 11 is 0. The van der Waals surface area contributed by atoms with Crippen molar-refractivity contribution in [2.75, 3.05) is 0 Å². The fourth-order valence-electron chi connectivity index (χ4n) is 3.79. The Labute approximate surface area is 137 Å². The quantitative estimate of drug-likeness (QED) is 0.676. The van der Waals surface area contributed by atoms with Crippen LogP contribution in [0.3, 0.4) is 0 Å². The van der Waals surface area contributed by atoms with E-state index in [-0.39, 0.29) is 0 Å². The molecule has 0 radical (unpaired) electrons. The van der Waals surface area contributed by atoms with Crippen molar-refractivity contribution < 1.29 is 0 Å². The Hall–Kier alpha value is -2.06. The van der Waals surface area contributed by atoms with Crippen molar-refractivity contribution in [3.63, 3.8) is 0 Å². The second-order valence-corrected chi connectivity index (χ2v) is 6.61. The van der Waals surface area contributed by atoms with Gasteiger partial charge >= 0.3 is 0 Å². The maximum atomic E-state index is 3.81. The van der Waals surface area contributed by atoms with E-state index in [1.54, 1.807) is 0 Å². The summed E-state index contributed by atoms with van der Waals surface area (Å²) in [6, 6.07) is 20.0. The molecular formula is C21H24N2. The van der Waals surface area contributed by atoms with Gasteiger partial charge in [-0.1, -0.05) is 67.8 Å². The third kappa shape index (κ3) is 3.04. The highest BCUT2D eigenvalue weighted by atomic mass is 14.9. The minimum atomic E-state index is 0.682. The number of aromatic amines is 1. The highest BCUT2D eigenvalue weighted by Crippen LogP contribution is 2.30. The van der Waals surface area contributed by atoms with Gasteiger partial charge in [-0.05, 0) is 30.0 Å². The van der Waals surface area contributed by atoms with Crippen LogP contribution in [-0.4, -0.2) is 11.0 Å². The number of rotatable bonds is 4. The Balaban J connectivity index is 1.68. The molecule has 1 aliphatic rings. The lowest BCUT2D eigenvalue weighted by Gasteiger charge is -2.23. The van der Waals surface area contributed by atoms with Crippen molar-refractivity contribution in [2.45, 2.75) is 44.7 Å². The molecule has 3 aromatic rings. The lowest BCUT2D eigenvalue weighted by Crippen LogP contribution is -2.30. The van der Waals surface area contributed by atoms with E-state index in [1.165, 1.54) is 59.8 Å². The summed E-state index contributed by atoms with van der Waals surface area (Å²) < 4.78 is 0. The van der Waals surface area contributed by atoms with Gasteiger partial charge in [0.1, 0.15) is 0 Å². The van der Waals surface area contributed by atoms with Crippen molar-refractivity contribution in [1.29, 1.82) is 0 Å². The first-order chi connectivity index (χ1) is 11.4. The highest BCUT2D eigenvalue weighted by molar-refractivity contribution is 5.90. The van der Waals surface area contributed by atoms with Gasteiger partial charge in [0.2, 0.25) is 0 Å². The van der Waals surface area contributed by atoms with Crippen molar-refractivity contribution in [3.05, 3.63) is 60.2 Å². The fraction of sp³-hybridized carbons (Fsp3) is 0.333. The third-order valence-corrected chi connectivity index (χ3v) is 5.05. The van der Waals surface area contributed by atoms with Crippen LogP contribution in [0.1, 0.15) is 37.7 Å². The molecule has 4 rings (SSSR count). The van der Waals surface area contributed by atoms with Gasteiger partial charge in [0.15, 0.2) is 0 Å². The molecule has 0 aliphatic heterocycles. The first kappa shape index (κ1) is 14.5. The summed E-state index contributed by atoms with van der Waals surface area (Å²) in [6.45, 7) is 0.943. The largest absolute Gasteiger partial charge is 0.354 e. The summed E-state index contributed by atoms with van der Waals surface area (Å²) in [5, 5.41) is 5.15. The second-order valence-electron chi connectivity index (χ2n) is 6.61. The normalized spacial score (nSPS) is 16.0. The number of hydrogen-bond acceptors (Lipinski definition) is 1. The monoisotopic (exact) mass is 304 g/mol. The molecule has 0 saturated heterocycles. The number of fused-ring (bicyclic) bond motifs is 1. The van der Waals surface area contributed by atoms with E-state index in [9.17, 15) is 0 Å². The minimum absolute atomic E-state index is 0.682. The van der Waals surface area contributed by atoms with Crippen LogP contribution in [0.2, 0.25) is 0 Å². The maximum Gasteiger partial charge on any atom is 0.0510 e. The topological polar surface area (TPSA) is 27.8 Å². The number of H-pyrrole nitrogens is 1. The van der Waals surface area contributed by atoms with Crippen LogP contribution in [0, 0.1) is 0 Å². The number of para-hydroxylation sites is 1. The fourth-order valence-corrected chi connectivity index (χ4v) is 3.79. The predicted octanol–water partition coefficient (Wildman–Crippen LogP) is 5.26. The molecule has 2 heteroatoms. The standard InChI is InChI=1S/C21H24N2/c1-3-9-16(10-4-1)21-19(15-22-17-11-5-2-6-12-17)18-13-7-8-14-20(18)23-21/h1,3-4,7-10,13-14,17,22-23H,2,5-6,11-12,15H2. The molecular weight excluding hydrogens is 280 g/mol. The van der Waals surface area contributed by atoms with Crippen LogP contribution in [0.4, 0.5) is 0 Å². The first-order valence-corrected chi connectivity index (χ1v) is 8.80. The number of benzene rings is 2. The lowest BCUT2D eigenvalue weighted by atomic mass is 9.95. The summed E-state index contributed by atoms with van der Waals surface area (Å²) in [7, 11) is 0. The molecule has 0 unspecified atom stereocenters. The zero-order valence-electron chi connectivity index (χ0n) is 13.5. The molecule has 23 heavy (non-hydrogen) atoms. The van der Waals surface area contributed by atoms with Crippen LogP contribution in [-0.2, 0) is 6.54 Å². The van der Waals surface area contributed by atoms with Crippen LogP contribution in [0.5, 0.6) is 0 Å². The Bertz CT molecular complexity index is 767. The Morgan fingerprint density at radius 2 is 1.61 bits per heavy atom. The van der Waals surface area contributed by atoms with E-state index in [0.29, 0.717) is 6.04 Å². The Morgan fingerprint density at radius 1 is 0.870 bits per heavy atom. The van der Waals surface area contributed by atoms with Crippen molar-refractivity contribution in [1.82, 2.24) is 10.3 Å². The molecule has 0 bridgehead atoms. The van der Waals surface area contributed by atoms with Crippen LogP contribution >= 0.6 is 0 Å². The predicted molar refractivity (Wildman–Crippen MR) is 97.4 cm³/mol. The number of hydrogen-bond donors (Lipinski definition) is 2. The van der Waals surface area contributed by atoms with Crippen molar-refractivity contribution in [3.8, 4) is 11.3 Å². The van der Waals surface area contributed by atoms with E-state index in [1.807, 2.05) is 0 Å². The summed E-state index contributed by atoms with van der Waals surface area (Å²) in [5.41, 5.74) is 5.16. The zero-order valence-corrected chi connectivity index (χ0v) is 13.5. The van der Waals surface area contributed by atoms with E-state index in [2.05, 4.69) is 64.9 Å². The third-order valence-electron chi connectivity index (χ3n) is 5.05. The Morgan fingerprint density at radius 3 is 2.43 bits per heavy atom.